The highest BCUT2D eigenvalue weighted by atomic mass is 19.4. The molecule has 26 heavy (non-hydrogen) atoms. The van der Waals surface area contributed by atoms with Gasteiger partial charge in [0, 0.05) is 31.6 Å². The smallest absolute Gasteiger partial charge is 0.422 e. The van der Waals surface area contributed by atoms with Gasteiger partial charge in [-0.1, -0.05) is 6.07 Å². The lowest BCUT2D eigenvalue weighted by molar-refractivity contribution is -0.153. The van der Waals surface area contributed by atoms with Crippen molar-refractivity contribution in [3.05, 3.63) is 23.8 Å². The Labute approximate surface area is 151 Å². The van der Waals surface area contributed by atoms with E-state index >= 15 is 0 Å². The second-order valence-electron chi connectivity index (χ2n) is 6.66. The molecule has 1 aromatic rings. The minimum Gasteiger partial charge on any atom is -0.493 e. The molecule has 1 N–H and O–H groups in total. The summed E-state index contributed by atoms with van der Waals surface area (Å²) in [6.07, 6.45) is -3.58. The molecule has 1 aliphatic rings. The van der Waals surface area contributed by atoms with E-state index in [1.807, 2.05) is 18.7 Å². The van der Waals surface area contributed by atoms with Crippen molar-refractivity contribution in [3.63, 3.8) is 0 Å². The number of carbonyl (C=O) groups is 1. The molecule has 2 rings (SSSR count). The lowest BCUT2D eigenvalue weighted by atomic mass is 10.1. The van der Waals surface area contributed by atoms with Gasteiger partial charge in [0.1, 0.15) is 0 Å². The Morgan fingerprint density at radius 3 is 2.46 bits per heavy atom. The first-order valence-electron chi connectivity index (χ1n) is 8.58. The summed E-state index contributed by atoms with van der Waals surface area (Å²) in [6.45, 7) is 4.06. The molecule has 2 unspecified atom stereocenters. The molecule has 1 fully saturated rings. The lowest BCUT2D eigenvalue weighted by Crippen LogP contribution is -2.55. The standard InChI is InChI=1S/C18H25F3N2O3/c1-12-9-23(10-13(2)22-12)17(24)7-5-14-4-6-15(16(8-14)25-3)26-11-18(19,20)21/h4,6,8,12-13,22H,5,7,9-11H2,1-3H3. The quantitative estimate of drug-likeness (QED) is 0.832. The van der Waals surface area contributed by atoms with Crippen molar-refractivity contribution in [2.45, 2.75) is 44.9 Å². The zero-order chi connectivity index (χ0) is 19.3. The molecule has 1 aliphatic heterocycles. The van der Waals surface area contributed by atoms with Gasteiger partial charge in [0.05, 0.1) is 7.11 Å². The Kier molecular flexibility index (Phi) is 6.75. The first-order chi connectivity index (χ1) is 12.2. The summed E-state index contributed by atoms with van der Waals surface area (Å²) in [4.78, 5) is 14.3. The normalized spacial score (nSPS) is 20.8. The van der Waals surface area contributed by atoms with Gasteiger partial charge in [-0.25, -0.2) is 0 Å². The molecule has 0 radical (unpaired) electrons. The fourth-order valence-electron chi connectivity index (χ4n) is 3.09. The third kappa shape index (κ3) is 6.09. The van der Waals surface area contributed by atoms with Gasteiger partial charge in [0.25, 0.3) is 0 Å². The van der Waals surface area contributed by atoms with Crippen LogP contribution < -0.4 is 14.8 Å². The number of methoxy groups -OCH3 is 1. The van der Waals surface area contributed by atoms with Gasteiger partial charge in [-0.15, -0.1) is 0 Å². The molecule has 1 saturated heterocycles. The number of hydrogen-bond donors (Lipinski definition) is 1. The Hall–Kier alpha value is -1.96. The fraction of sp³-hybridized carbons (Fsp3) is 0.611. The SMILES string of the molecule is COc1cc(CCC(=O)N2CC(C)NC(C)C2)ccc1OCC(F)(F)F. The number of rotatable bonds is 6. The second-order valence-corrected chi connectivity index (χ2v) is 6.66. The van der Waals surface area contributed by atoms with Crippen LogP contribution in [0.5, 0.6) is 11.5 Å². The zero-order valence-corrected chi connectivity index (χ0v) is 15.2. The monoisotopic (exact) mass is 374 g/mol. The van der Waals surface area contributed by atoms with Crippen LogP contribution in [0.3, 0.4) is 0 Å². The number of halogens is 3. The molecule has 5 nitrogen and oxygen atoms in total. The number of alkyl halides is 3. The molecular weight excluding hydrogens is 349 g/mol. The van der Waals surface area contributed by atoms with Crippen molar-refractivity contribution in [3.8, 4) is 11.5 Å². The fourth-order valence-corrected chi connectivity index (χ4v) is 3.09. The highest BCUT2D eigenvalue weighted by molar-refractivity contribution is 5.76. The summed E-state index contributed by atoms with van der Waals surface area (Å²) in [5, 5.41) is 3.38. The molecule has 1 aromatic carbocycles. The maximum Gasteiger partial charge on any atom is 0.422 e. The van der Waals surface area contributed by atoms with E-state index in [9.17, 15) is 18.0 Å². The minimum atomic E-state index is -4.41. The summed E-state index contributed by atoms with van der Waals surface area (Å²) >= 11 is 0. The van der Waals surface area contributed by atoms with E-state index < -0.39 is 12.8 Å². The summed E-state index contributed by atoms with van der Waals surface area (Å²) in [7, 11) is 1.37. The van der Waals surface area contributed by atoms with Crippen LogP contribution in [0.4, 0.5) is 13.2 Å². The van der Waals surface area contributed by atoms with Gasteiger partial charge < -0.3 is 19.7 Å². The number of ether oxygens (including phenoxy) is 2. The average Bonchev–Trinajstić information content (AvgIpc) is 2.56. The van der Waals surface area contributed by atoms with Crippen LogP contribution in [0.25, 0.3) is 0 Å². The summed E-state index contributed by atoms with van der Waals surface area (Å²) < 4.78 is 46.7. The predicted molar refractivity (Wildman–Crippen MR) is 91.5 cm³/mol. The number of benzene rings is 1. The number of aryl methyl sites for hydroxylation is 1. The van der Waals surface area contributed by atoms with Crippen LogP contribution in [-0.4, -0.2) is 55.9 Å². The second kappa shape index (κ2) is 8.62. The van der Waals surface area contributed by atoms with Crippen molar-refractivity contribution >= 4 is 5.91 Å². The van der Waals surface area contributed by atoms with Crippen LogP contribution >= 0.6 is 0 Å². The van der Waals surface area contributed by atoms with Crippen LogP contribution in [0.2, 0.25) is 0 Å². The third-order valence-corrected chi connectivity index (χ3v) is 4.16. The largest absolute Gasteiger partial charge is 0.493 e. The molecule has 8 heteroatoms. The first-order valence-corrected chi connectivity index (χ1v) is 8.58. The van der Waals surface area contributed by atoms with Crippen molar-refractivity contribution < 1.29 is 27.4 Å². The highest BCUT2D eigenvalue weighted by Gasteiger charge is 2.29. The van der Waals surface area contributed by atoms with Crippen LogP contribution in [-0.2, 0) is 11.2 Å². The maximum atomic E-state index is 12.4. The molecule has 1 amide bonds. The number of nitrogens with one attached hydrogen (secondary N) is 1. The van der Waals surface area contributed by atoms with Gasteiger partial charge in [0.15, 0.2) is 18.1 Å². The third-order valence-electron chi connectivity index (χ3n) is 4.16. The van der Waals surface area contributed by atoms with Crippen molar-refractivity contribution in [1.29, 1.82) is 0 Å². The Morgan fingerprint density at radius 2 is 1.88 bits per heavy atom. The lowest BCUT2D eigenvalue weighted by Gasteiger charge is -2.36. The minimum absolute atomic E-state index is 0.0321. The Bertz CT molecular complexity index is 612. The average molecular weight is 374 g/mol. The number of carbonyl (C=O) groups excluding carboxylic acids is 1. The van der Waals surface area contributed by atoms with Crippen LogP contribution in [0.15, 0.2) is 18.2 Å². The van der Waals surface area contributed by atoms with E-state index in [0.717, 1.165) is 5.56 Å². The van der Waals surface area contributed by atoms with E-state index in [1.165, 1.54) is 13.2 Å². The Morgan fingerprint density at radius 1 is 1.23 bits per heavy atom. The van der Waals surface area contributed by atoms with Gasteiger partial charge in [-0.3, -0.25) is 4.79 Å². The molecule has 2 atom stereocenters. The van der Waals surface area contributed by atoms with Crippen LogP contribution in [0, 0.1) is 0 Å². The molecule has 0 saturated carbocycles. The number of hydrogen-bond acceptors (Lipinski definition) is 4. The van der Waals surface area contributed by atoms with E-state index in [-0.39, 0.29) is 29.5 Å². The summed E-state index contributed by atoms with van der Waals surface area (Å²) in [5.74, 6) is 0.329. The number of amides is 1. The molecule has 0 bridgehead atoms. The van der Waals surface area contributed by atoms with Crippen molar-refractivity contribution in [1.82, 2.24) is 10.2 Å². The number of piperazine rings is 1. The first kappa shape index (κ1) is 20.4. The molecule has 0 spiro atoms. The zero-order valence-electron chi connectivity index (χ0n) is 15.2. The molecular formula is C18H25F3N2O3. The highest BCUT2D eigenvalue weighted by Crippen LogP contribution is 2.30. The molecule has 0 aliphatic carbocycles. The number of nitrogens with zero attached hydrogens (tertiary/aromatic N) is 1. The van der Waals surface area contributed by atoms with Gasteiger partial charge >= 0.3 is 6.18 Å². The van der Waals surface area contributed by atoms with E-state index in [4.69, 9.17) is 9.47 Å². The predicted octanol–water partition coefficient (Wildman–Crippen LogP) is 2.78. The molecule has 1 heterocycles. The van der Waals surface area contributed by atoms with Crippen LogP contribution in [0.1, 0.15) is 25.8 Å². The van der Waals surface area contributed by atoms with E-state index in [2.05, 4.69) is 5.32 Å². The Balaban J connectivity index is 1.94. The van der Waals surface area contributed by atoms with Gasteiger partial charge in [0.2, 0.25) is 5.91 Å². The molecule has 146 valence electrons. The van der Waals surface area contributed by atoms with Gasteiger partial charge in [-0.05, 0) is 38.0 Å². The van der Waals surface area contributed by atoms with E-state index in [0.29, 0.717) is 25.9 Å². The topological polar surface area (TPSA) is 50.8 Å². The van der Waals surface area contributed by atoms with Gasteiger partial charge in [-0.2, -0.15) is 13.2 Å². The summed E-state index contributed by atoms with van der Waals surface area (Å²) in [5.41, 5.74) is 0.811. The summed E-state index contributed by atoms with van der Waals surface area (Å²) in [6, 6.07) is 5.23. The van der Waals surface area contributed by atoms with Crippen molar-refractivity contribution in [2.75, 3.05) is 26.8 Å². The maximum absolute atomic E-state index is 12.4. The van der Waals surface area contributed by atoms with E-state index in [1.54, 1.807) is 12.1 Å². The molecule has 0 aromatic heterocycles. The van der Waals surface area contributed by atoms with Crippen molar-refractivity contribution in [2.24, 2.45) is 0 Å².